The highest BCUT2D eigenvalue weighted by Gasteiger charge is 2.43. The number of fused-ring (bicyclic) bond motifs is 7. The van der Waals surface area contributed by atoms with Crippen LogP contribution in [0.15, 0.2) is 358 Å². The van der Waals surface area contributed by atoms with Crippen molar-refractivity contribution in [2.45, 2.75) is 0 Å². The molecule has 0 unspecified atom stereocenters. The highest BCUT2D eigenvalue weighted by atomic mass is 15.2. The minimum Gasteiger partial charge on any atom is -0.311 e. The van der Waals surface area contributed by atoms with Gasteiger partial charge in [0.25, 0.3) is 6.71 Å². The molecule has 19 rings (SSSR count). The Morgan fingerprint density at radius 1 is 0.220 bits per heavy atom. The molecule has 3 aromatic heterocycles. The Kier molecular flexibility index (Phi) is 14.1. The first-order valence-electron chi connectivity index (χ1n) is 33.9. The van der Waals surface area contributed by atoms with Gasteiger partial charge in [0.2, 0.25) is 0 Å². The maximum atomic E-state index is 5.74. The van der Waals surface area contributed by atoms with Crippen LogP contribution in [-0.4, -0.2) is 36.2 Å². The number of para-hydroxylation sites is 4. The minimum absolute atomic E-state index is 0.00360. The van der Waals surface area contributed by atoms with Crippen molar-refractivity contribution in [3.63, 3.8) is 0 Å². The molecule has 0 aliphatic carbocycles. The normalized spacial score (nSPS) is 12.1. The monoisotopic (exact) mass is 1270 g/mol. The fourth-order valence-electron chi connectivity index (χ4n) is 15.0. The van der Waals surface area contributed by atoms with E-state index in [9.17, 15) is 0 Å². The lowest BCUT2D eigenvalue weighted by atomic mass is 9.33. The van der Waals surface area contributed by atoms with Crippen LogP contribution in [0.2, 0.25) is 0 Å². The number of rotatable bonds is 12. The predicted molar refractivity (Wildman–Crippen MR) is 413 cm³/mol. The minimum atomic E-state index is 0.00360. The molecule has 0 spiro atoms. The van der Waals surface area contributed by atoms with E-state index >= 15 is 0 Å². The summed E-state index contributed by atoms with van der Waals surface area (Å²) in [5, 5.41) is 2.27. The number of hydrogen-bond donors (Lipinski definition) is 0. The summed E-state index contributed by atoms with van der Waals surface area (Å²) < 4.78 is 2.41. The SMILES string of the molecule is c1ccc(-c2ccc3c(c2)c2cc(-c4ccccc4)ccc2n3-c2ccc(-c3nc(-c4ccccc4)nc(-c4ccccc4)n3)cc2-c2cc(-c3ccccc3)nc(-c3ccc(-c4cc5c6c(c4)N(c4ccccc4)c4ccccc4B6c4ccccc4N5c4ccccc4)cc3)n2)cc1. The van der Waals surface area contributed by atoms with Crippen LogP contribution in [0.3, 0.4) is 0 Å². The van der Waals surface area contributed by atoms with Gasteiger partial charge < -0.3 is 14.4 Å². The van der Waals surface area contributed by atoms with E-state index in [1.54, 1.807) is 0 Å². The molecule has 0 bridgehead atoms. The zero-order valence-corrected chi connectivity index (χ0v) is 54.2. The van der Waals surface area contributed by atoms with E-state index in [1.165, 1.54) is 27.8 Å². The molecule has 14 aromatic carbocycles. The smallest absolute Gasteiger partial charge is 0.252 e. The van der Waals surface area contributed by atoms with E-state index < -0.39 is 0 Å². The molecule has 466 valence electrons. The van der Waals surface area contributed by atoms with Crippen molar-refractivity contribution < 1.29 is 0 Å². The maximum absolute atomic E-state index is 5.74. The zero-order chi connectivity index (χ0) is 66.0. The van der Waals surface area contributed by atoms with Gasteiger partial charge in [0, 0.05) is 78.3 Å². The quantitative estimate of drug-likeness (QED) is 0.113. The highest BCUT2D eigenvalue weighted by molar-refractivity contribution is 7.00. The second-order valence-electron chi connectivity index (χ2n) is 25.5. The summed E-state index contributed by atoms with van der Waals surface area (Å²) in [5.41, 5.74) is 27.2. The van der Waals surface area contributed by atoms with Crippen molar-refractivity contribution in [1.82, 2.24) is 29.5 Å². The Morgan fingerprint density at radius 2 is 0.580 bits per heavy atom. The molecule has 100 heavy (non-hydrogen) atoms. The molecule has 9 heteroatoms. The number of hydrogen-bond acceptors (Lipinski definition) is 7. The van der Waals surface area contributed by atoms with Gasteiger partial charge in [-0.05, 0) is 147 Å². The van der Waals surface area contributed by atoms with E-state index in [0.29, 0.717) is 23.3 Å². The van der Waals surface area contributed by atoms with Crippen molar-refractivity contribution in [2.24, 2.45) is 0 Å². The number of benzene rings is 14. The second kappa shape index (κ2) is 24.4. The van der Waals surface area contributed by atoms with E-state index in [4.69, 9.17) is 24.9 Å². The standard InChI is InChI=1S/C91H59BN8/c1-8-26-60(27-9-1)67-48-51-80-73(54-67)74-55-68(61-28-10-2-11-29-61)49-52-81(74)100(80)82-53-50-69(91-96-89(64-32-14-4-15-33-64)95-90(97-91)65-34-16-5-17-35-65)56-75(82)79-59-78(63-30-12-3-13-31-63)93-88(94-79)66-46-44-62(45-47-66)70-57-85-87-86(58-70)99(72-38-20-7-21-39-72)84-43-25-23-41-77(84)92(87)76-40-22-24-42-83(76)98(85)71-36-18-6-19-37-71/h1-59H. The average Bonchev–Trinajstić information content (AvgIpc) is 0.834. The van der Waals surface area contributed by atoms with Gasteiger partial charge in [0.05, 0.1) is 28.1 Å². The van der Waals surface area contributed by atoms with Crippen molar-refractivity contribution in [2.75, 3.05) is 9.80 Å². The maximum Gasteiger partial charge on any atom is 0.252 e. The third-order valence-electron chi connectivity index (χ3n) is 19.6. The van der Waals surface area contributed by atoms with Crippen LogP contribution in [0, 0.1) is 0 Å². The van der Waals surface area contributed by atoms with Gasteiger partial charge in [-0.3, -0.25) is 0 Å². The molecule has 8 nitrogen and oxygen atoms in total. The van der Waals surface area contributed by atoms with E-state index in [2.05, 4.69) is 306 Å². The average molecular weight is 1280 g/mol. The Bertz CT molecular complexity index is 5690. The Morgan fingerprint density at radius 3 is 1.07 bits per heavy atom. The third kappa shape index (κ3) is 10.1. The lowest BCUT2D eigenvalue weighted by Crippen LogP contribution is -2.61. The van der Waals surface area contributed by atoms with Gasteiger partial charge in [-0.15, -0.1) is 0 Å². The number of anilines is 6. The molecular weight excluding hydrogens is 1220 g/mol. The highest BCUT2D eigenvalue weighted by Crippen LogP contribution is 2.47. The van der Waals surface area contributed by atoms with Crippen LogP contribution in [0.25, 0.3) is 129 Å². The fraction of sp³-hybridized carbons (Fsp3) is 0. The van der Waals surface area contributed by atoms with Crippen molar-refractivity contribution in [3.05, 3.63) is 358 Å². The van der Waals surface area contributed by atoms with Crippen molar-refractivity contribution in [3.8, 4) is 107 Å². The van der Waals surface area contributed by atoms with Gasteiger partial charge in [-0.1, -0.05) is 261 Å². The molecule has 0 saturated carbocycles. The summed E-state index contributed by atoms with van der Waals surface area (Å²) in [5.74, 6) is 2.28. The zero-order valence-electron chi connectivity index (χ0n) is 54.2. The molecule has 0 fully saturated rings. The Hall–Kier alpha value is -13.4. The largest absolute Gasteiger partial charge is 0.311 e. The molecule has 0 saturated heterocycles. The Labute approximate surface area is 579 Å². The summed E-state index contributed by atoms with van der Waals surface area (Å²) in [6, 6.07) is 128. The summed E-state index contributed by atoms with van der Waals surface area (Å²) in [6.45, 7) is 0.00360. The fourth-order valence-corrected chi connectivity index (χ4v) is 15.0. The topological polar surface area (TPSA) is 75.9 Å². The first-order chi connectivity index (χ1) is 49.6. The molecule has 0 amide bonds. The molecular formula is C91H59BN8. The van der Waals surface area contributed by atoms with Gasteiger partial charge in [-0.25, -0.2) is 24.9 Å². The Balaban J connectivity index is 0.820. The molecule has 2 aliphatic rings. The molecule has 2 aliphatic heterocycles. The molecule has 5 heterocycles. The van der Waals surface area contributed by atoms with Crippen LogP contribution in [0.4, 0.5) is 34.1 Å². The second-order valence-corrected chi connectivity index (χ2v) is 25.5. The van der Waals surface area contributed by atoms with Crippen molar-refractivity contribution in [1.29, 1.82) is 0 Å². The van der Waals surface area contributed by atoms with Crippen LogP contribution < -0.4 is 26.2 Å². The lowest BCUT2D eigenvalue weighted by molar-refractivity contribution is 1.07. The summed E-state index contributed by atoms with van der Waals surface area (Å²) in [6.07, 6.45) is 0. The number of nitrogens with zero attached hydrogens (tertiary/aromatic N) is 8. The first-order valence-corrected chi connectivity index (χ1v) is 33.9. The van der Waals surface area contributed by atoms with Crippen molar-refractivity contribution >= 4 is 79.0 Å². The van der Waals surface area contributed by atoms with Crippen LogP contribution >= 0.6 is 0 Å². The van der Waals surface area contributed by atoms with Gasteiger partial charge in [0.15, 0.2) is 23.3 Å². The molecule has 0 N–H and O–H groups in total. The molecule has 0 radical (unpaired) electrons. The summed E-state index contributed by atoms with van der Waals surface area (Å²) in [4.78, 5) is 31.9. The van der Waals surface area contributed by atoms with Gasteiger partial charge in [0.1, 0.15) is 0 Å². The van der Waals surface area contributed by atoms with E-state index in [0.717, 1.165) is 128 Å². The lowest BCUT2D eigenvalue weighted by Gasteiger charge is -2.44. The summed E-state index contributed by atoms with van der Waals surface area (Å²) in [7, 11) is 0. The van der Waals surface area contributed by atoms with Crippen LogP contribution in [-0.2, 0) is 0 Å². The van der Waals surface area contributed by atoms with Gasteiger partial charge >= 0.3 is 0 Å². The first kappa shape index (κ1) is 58.0. The van der Waals surface area contributed by atoms with E-state index in [1.807, 2.05) is 66.7 Å². The molecule has 17 aromatic rings. The molecule has 0 atom stereocenters. The third-order valence-corrected chi connectivity index (χ3v) is 19.6. The van der Waals surface area contributed by atoms with E-state index in [-0.39, 0.29) is 6.71 Å². The predicted octanol–water partition coefficient (Wildman–Crippen LogP) is 20.8. The number of aromatic nitrogens is 6. The summed E-state index contributed by atoms with van der Waals surface area (Å²) >= 11 is 0. The van der Waals surface area contributed by atoms with Gasteiger partial charge in [-0.2, -0.15) is 0 Å². The van der Waals surface area contributed by atoms with Crippen LogP contribution in [0.1, 0.15) is 0 Å². The van der Waals surface area contributed by atoms with Crippen LogP contribution in [0.5, 0.6) is 0 Å².